The summed E-state index contributed by atoms with van der Waals surface area (Å²) in [5.74, 6) is -0.252. The standard InChI is InChI=1S/C17H14BrFO/c18-12-8-9-16(19)15(10-12)17(20)14-7-2-1-6-13(14)11-4-3-5-11/h1-2,6-11H,3-5H2. The maximum Gasteiger partial charge on any atom is 0.196 e. The molecule has 2 aromatic rings. The zero-order valence-corrected chi connectivity index (χ0v) is 12.5. The van der Waals surface area contributed by atoms with Crippen LogP contribution in [-0.2, 0) is 0 Å². The Morgan fingerprint density at radius 2 is 1.85 bits per heavy atom. The first-order valence-corrected chi connectivity index (χ1v) is 7.55. The minimum absolute atomic E-state index is 0.131. The molecule has 1 aliphatic rings. The molecule has 0 aromatic heterocycles. The smallest absolute Gasteiger partial charge is 0.196 e. The molecule has 3 heteroatoms. The van der Waals surface area contributed by atoms with Crippen molar-refractivity contribution in [3.63, 3.8) is 0 Å². The summed E-state index contributed by atoms with van der Waals surface area (Å²) in [4.78, 5) is 12.6. The summed E-state index contributed by atoms with van der Waals surface area (Å²) in [5.41, 5.74) is 1.82. The van der Waals surface area contributed by atoms with Crippen molar-refractivity contribution in [1.29, 1.82) is 0 Å². The van der Waals surface area contributed by atoms with E-state index < -0.39 is 5.82 Å². The van der Waals surface area contributed by atoms with Gasteiger partial charge in [0.1, 0.15) is 5.82 Å². The molecule has 1 fully saturated rings. The zero-order chi connectivity index (χ0) is 14.1. The second-order valence-electron chi connectivity index (χ2n) is 5.17. The highest BCUT2D eigenvalue weighted by molar-refractivity contribution is 9.10. The highest BCUT2D eigenvalue weighted by Crippen LogP contribution is 2.38. The van der Waals surface area contributed by atoms with Gasteiger partial charge in [-0.15, -0.1) is 0 Å². The van der Waals surface area contributed by atoms with E-state index >= 15 is 0 Å². The summed E-state index contributed by atoms with van der Waals surface area (Å²) in [5, 5.41) is 0. The number of ketones is 1. The Morgan fingerprint density at radius 3 is 2.55 bits per heavy atom. The number of hydrogen-bond donors (Lipinski definition) is 0. The molecule has 1 saturated carbocycles. The second kappa shape index (κ2) is 5.49. The van der Waals surface area contributed by atoms with Crippen LogP contribution in [0.1, 0.15) is 46.7 Å². The quantitative estimate of drug-likeness (QED) is 0.716. The predicted octanol–water partition coefficient (Wildman–Crippen LogP) is 5.09. The van der Waals surface area contributed by atoms with Crippen molar-refractivity contribution < 1.29 is 9.18 Å². The second-order valence-corrected chi connectivity index (χ2v) is 6.08. The topological polar surface area (TPSA) is 17.1 Å². The molecule has 0 unspecified atom stereocenters. The summed E-state index contributed by atoms with van der Waals surface area (Å²) in [7, 11) is 0. The average Bonchev–Trinajstić information content (AvgIpc) is 2.39. The Morgan fingerprint density at radius 1 is 1.10 bits per heavy atom. The van der Waals surface area contributed by atoms with Crippen molar-refractivity contribution in [1.82, 2.24) is 0 Å². The van der Waals surface area contributed by atoms with Crippen LogP contribution in [0.25, 0.3) is 0 Å². The minimum Gasteiger partial charge on any atom is -0.288 e. The van der Waals surface area contributed by atoms with Gasteiger partial charge in [0.25, 0.3) is 0 Å². The third kappa shape index (κ3) is 2.42. The number of benzene rings is 2. The van der Waals surface area contributed by atoms with Crippen molar-refractivity contribution in [2.75, 3.05) is 0 Å². The van der Waals surface area contributed by atoms with Crippen molar-refractivity contribution in [2.45, 2.75) is 25.2 Å². The maximum atomic E-state index is 13.9. The lowest BCUT2D eigenvalue weighted by atomic mass is 9.77. The van der Waals surface area contributed by atoms with Crippen molar-refractivity contribution in [3.8, 4) is 0 Å². The molecule has 1 aliphatic carbocycles. The Balaban J connectivity index is 2.04. The van der Waals surface area contributed by atoms with Crippen LogP contribution in [0, 0.1) is 5.82 Å². The van der Waals surface area contributed by atoms with Gasteiger partial charge in [-0.2, -0.15) is 0 Å². The van der Waals surface area contributed by atoms with Gasteiger partial charge in [-0.25, -0.2) is 4.39 Å². The molecule has 0 heterocycles. The third-order valence-electron chi connectivity index (χ3n) is 3.92. The van der Waals surface area contributed by atoms with Crippen LogP contribution in [0.3, 0.4) is 0 Å². The van der Waals surface area contributed by atoms with E-state index in [-0.39, 0.29) is 11.3 Å². The Kier molecular flexibility index (Phi) is 3.70. The monoisotopic (exact) mass is 332 g/mol. The molecule has 0 saturated heterocycles. The normalized spacial score (nSPS) is 14.9. The van der Waals surface area contributed by atoms with Crippen LogP contribution in [0.4, 0.5) is 4.39 Å². The van der Waals surface area contributed by atoms with Crippen LogP contribution in [0.2, 0.25) is 0 Å². The molecular formula is C17H14BrFO. The molecule has 1 nitrogen and oxygen atoms in total. The van der Waals surface area contributed by atoms with E-state index in [1.54, 1.807) is 18.2 Å². The average molecular weight is 333 g/mol. The van der Waals surface area contributed by atoms with E-state index in [1.807, 2.05) is 18.2 Å². The molecule has 20 heavy (non-hydrogen) atoms. The molecule has 0 radical (unpaired) electrons. The minimum atomic E-state index is -0.471. The molecular weight excluding hydrogens is 319 g/mol. The van der Waals surface area contributed by atoms with Gasteiger partial charge in [0.2, 0.25) is 0 Å². The highest BCUT2D eigenvalue weighted by atomic mass is 79.9. The summed E-state index contributed by atoms with van der Waals surface area (Å²) >= 11 is 3.29. The largest absolute Gasteiger partial charge is 0.288 e. The Bertz CT molecular complexity index is 662. The Hall–Kier alpha value is -1.48. The number of hydrogen-bond acceptors (Lipinski definition) is 1. The van der Waals surface area contributed by atoms with E-state index in [0.717, 1.165) is 18.4 Å². The summed E-state index contributed by atoms with van der Waals surface area (Å²) < 4.78 is 14.6. The maximum absolute atomic E-state index is 13.9. The molecule has 0 atom stereocenters. The van der Waals surface area contributed by atoms with Crippen LogP contribution < -0.4 is 0 Å². The molecule has 0 spiro atoms. The molecule has 0 aliphatic heterocycles. The molecule has 102 valence electrons. The van der Waals surface area contributed by atoms with Crippen LogP contribution in [0.15, 0.2) is 46.9 Å². The van der Waals surface area contributed by atoms with E-state index in [0.29, 0.717) is 16.0 Å². The van der Waals surface area contributed by atoms with E-state index in [2.05, 4.69) is 15.9 Å². The fourth-order valence-electron chi connectivity index (χ4n) is 2.60. The lowest BCUT2D eigenvalue weighted by Gasteiger charge is -2.27. The Labute approximate surface area is 126 Å². The SMILES string of the molecule is O=C(c1cc(Br)ccc1F)c1ccccc1C1CCC1. The van der Waals surface area contributed by atoms with Crippen LogP contribution in [-0.4, -0.2) is 5.78 Å². The van der Waals surface area contributed by atoms with Crippen molar-refractivity contribution >= 4 is 21.7 Å². The summed E-state index contributed by atoms with van der Waals surface area (Å²) in [6, 6.07) is 12.1. The molecule has 0 amide bonds. The molecule has 0 N–H and O–H groups in total. The number of carbonyl (C=O) groups is 1. The van der Waals surface area contributed by atoms with Crippen LogP contribution >= 0.6 is 15.9 Å². The lowest BCUT2D eigenvalue weighted by Crippen LogP contribution is -2.15. The molecule has 3 rings (SSSR count). The molecule has 0 bridgehead atoms. The number of carbonyl (C=O) groups excluding carboxylic acids is 1. The van der Waals surface area contributed by atoms with Crippen molar-refractivity contribution in [3.05, 3.63) is 69.4 Å². The van der Waals surface area contributed by atoms with Gasteiger partial charge >= 0.3 is 0 Å². The number of rotatable bonds is 3. The highest BCUT2D eigenvalue weighted by Gasteiger charge is 2.25. The van der Waals surface area contributed by atoms with Gasteiger partial charge in [0.15, 0.2) is 5.78 Å². The van der Waals surface area contributed by atoms with Gasteiger partial charge in [-0.1, -0.05) is 46.6 Å². The summed E-state index contributed by atoms with van der Waals surface area (Å²) in [6.07, 6.45) is 3.44. The van der Waals surface area contributed by atoms with Crippen LogP contribution in [0.5, 0.6) is 0 Å². The molecule has 2 aromatic carbocycles. The van der Waals surface area contributed by atoms with Gasteiger partial charge in [-0.05, 0) is 42.5 Å². The van der Waals surface area contributed by atoms with E-state index in [9.17, 15) is 9.18 Å². The summed E-state index contributed by atoms with van der Waals surface area (Å²) in [6.45, 7) is 0. The van der Waals surface area contributed by atoms with Gasteiger partial charge in [-0.3, -0.25) is 4.79 Å². The zero-order valence-electron chi connectivity index (χ0n) is 10.9. The first-order valence-electron chi connectivity index (χ1n) is 6.75. The van der Waals surface area contributed by atoms with Gasteiger partial charge < -0.3 is 0 Å². The first-order chi connectivity index (χ1) is 9.66. The fraction of sp³-hybridized carbons (Fsp3) is 0.235. The third-order valence-corrected chi connectivity index (χ3v) is 4.42. The first kappa shape index (κ1) is 13.5. The lowest BCUT2D eigenvalue weighted by molar-refractivity contribution is 0.103. The van der Waals surface area contributed by atoms with E-state index in [4.69, 9.17) is 0 Å². The fourth-order valence-corrected chi connectivity index (χ4v) is 2.96. The van der Waals surface area contributed by atoms with Crippen molar-refractivity contribution in [2.24, 2.45) is 0 Å². The predicted molar refractivity (Wildman–Crippen MR) is 80.6 cm³/mol. The van der Waals surface area contributed by atoms with Gasteiger partial charge in [0, 0.05) is 10.0 Å². The van der Waals surface area contributed by atoms with Gasteiger partial charge in [0.05, 0.1) is 5.56 Å². The van der Waals surface area contributed by atoms with E-state index in [1.165, 1.54) is 12.5 Å². The number of halogens is 2.